The van der Waals surface area contributed by atoms with E-state index >= 15 is 0 Å². The molecule has 0 atom stereocenters. The summed E-state index contributed by atoms with van der Waals surface area (Å²) in [5, 5.41) is 0. The van der Waals surface area contributed by atoms with Gasteiger partial charge in [-0.1, -0.05) is 36.4 Å². The van der Waals surface area contributed by atoms with Crippen LogP contribution in [0.15, 0.2) is 47.7 Å². The van der Waals surface area contributed by atoms with Gasteiger partial charge in [0.2, 0.25) is 0 Å². The first kappa shape index (κ1) is 12.5. The molecule has 0 heterocycles. The molecule has 0 amide bonds. The van der Waals surface area contributed by atoms with Crippen molar-refractivity contribution in [3.8, 4) is 0 Å². The van der Waals surface area contributed by atoms with E-state index in [9.17, 15) is 0 Å². The molecule has 1 aromatic rings. The first-order chi connectivity index (χ1) is 9.29. The second kappa shape index (κ2) is 5.24. The van der Waals surface area contributed by atoms with Crippen LogP contribution in [0.4, 0.5) is 0 Å². The first-order valence-electron chi connectivity index (χ1n) is 7.50. The number of benzene rings is 1. The third kappa shape index (κ3) is 2.34. The minimum atomic E-state index is 0.648. The van der Waals surface area contributed by atoms with E-state index in [-0.39, 0.29) is 0 Å². The predicted molar refractivity (Wildman–Crippen MR) is 81.1 cm³/mol. The van der Waals surface area contributed by atoms with Crippen LogP contribution in [0.5, 0.6) is 0 Å². The molecule has 0 spiro atoms. The lowest BCUT2D eigenvalue weighted by Crippen LogP contribution is -2.35. The average molecular weight is 253 g/mol. The zero-order valence-corrected chi connectivity index (χ0v) is 12.0. The summed E-state index contributed by atoms with van der Waals surface area (Å²) in [4.78, 5) is 2.62. The maximum absolute atomic E-state index is 2.62. The molecule has 2 aliphatic carbocycles. The van der Waals surface area contributed by atoms with Gasteiger partial charge in [-0.2, -0.15) is 0 Å². The standard InChI is InChI=1S/C18H23N/c1-3-19(18-11-7-4-8-14(18)2)17-12-15-9-5-6-10-16(15)13-17/h5-6,8-11,17H,3-4,7,12-13H2,1-2H3. The first-order valence-corrected chi connectivity index (χ1v) is 7.50. The molecule has 0 saturated carbocycles. The Hall–Kier alpha value is -1.50. The summed E-state index contributed by atoms with van der Waals surface area (Å²) >= 11 is 0. The quantitative estimate of drug-likeness (QED) is 0.784. The predicted octanol–water partition coefficient (Wildman–Crippen LogP) is 4.10. The van der Waals surface area contributed by atoms with E-state index in [4.69, 9.17) is 0 Å². The van der Waals surface area contributed by atoms with Crippen LogP contribution in [-0.2, 0) is 12.8 Å². The van der Waals surface area contributed by atoms with Gasteiger partial charge in [0.1, 0.15) is 0 Å². The van der Waals surface area contributed by atoms with Crippen molar-refractivity contribution in [2.45, 2.75) is 45.6 Å². The maximum Gasteiger partial charge on any atom is 0.0370 e. The molecule has 1 aromatic carbocycles. The highest BCUT2D eigenvalue weighted by Gasteiger charge is 2.27. The van der Waals surface area contributed by atoms with Gasteiger partial charge in [0, 0.05) is 18.3 Å². The van der Waals surface area contributed by atoms with Crippen molar-refractivity contribution in [3.05, 3.63) is 58.8 Å². The Balaban J connectivity index is 1.82. The van der Waals surface area contributed by atoms with Crippen LogP contribution in [0.25, 0.3) is 0 Å². The van der Waals surface area contributed by atoms with E-state index in [0.29, 0.717) is 6.04 Å². The van der Waals surface area contributed by atoms with Gasteiger partial charge >= 0.3 is 0 Å². The van der Waals surface area contributed by atoms with Crippen molar-refractivity contribution >= 4 is 0 Å². The molecule has 0 N–H and O–H groups in total. The molecule has 1 heteroatoms. The molecule has 0 radical (unpaired) electrons. The normalized spacial score (nSPS) is 18.8. The van der Waals surface area contributed by atoms with Crippen molar-refractivity contribution in [1.29, 1.82) is 0 Å². The second-order valence-corrected chi connectivity index (χ2v) is 5.67. The average Bonchev–Trinajstić information content (AvgIpc) is 2.85. The van der Waals surface area contributed by atoms with Crippen molar-refractivity contribution in [2.24, 2.45) is 0 Å². The number of hydrogen-bond donors (Lipinski definition) is 0. The molecule has 3 rings (SSSR count). The van der Waals surface area contributed by atoms with Gasteiger partial charge in [-0.15, -0.1) is 0 Å². The van der Waals surface area contributed by atoms with Gasteiger partial charge in [0.05, 0.1) is 0 Å². The fourth-order valence-corrected chi connectivity index (χ4v) is 3.51. The van der Waals surface area contributed by atoms with Gasteiger partial charge in [0.25, 0.3) is 0 Å². The molecule has 2 aliphatic rings. The highest BCUT2D eigenvalue weighted by Crippen LogP contribution is 2.31. The zero-order chi connectivity index (χ0) is 13.2. The molecule has 0 unspecified atom stereocenters. The number of nitrogens with zero attached hydrogens (tertiary/aromatic N) is 1. The molecular weight excluding hydrogens is 230 g/mol. The topological polar surface area (TPSA) is 3.24 Å². The van der Waals surface area contributed by atoms with Gasteiger partial charge in [-0.25, -0.2) is 0 Å². The van der Waals surface area contributed by atoms with Gasteiger partial charge in [0.15, 0.2) is 0 Å². The lowest BCUT2D eigenvalue weighted by Gasteiger charge is -2.34. The minimum absolute atomic E-state index is 0.648. The number of allylic oxidation sites excluding steroid dienone is 3. The van der Waals surface area contributed by atoms with Gasteiger partial charge in [-0.3, -0.25) is 0 Å². The molecule has 0 saturated heterocycles. The summed E-state index contributed by atoms with van der Waals surface area (Å²) in [6, 6.07) is 9.57. The highest BCUT2D eigenvalue weighted by molar-refractivity contribution is 5.37. The zero-order valence-electron chi connectivity index (χ0n) is 12.0. The summed E-state index contributed by atoms with van der Waals surface area (Å²) in [5.74, 6) is 0. The smallest absolute Gasteiger partial charge is 0.0370 e. The van der Waals surface area contributed by atoms with Crippen LogP contribution in [0, 0.1) is 0 Å². The number of fused-ring (bicyclic) bond motifs is 1. The summed E-state index contributed by atoms with van der Waals surface area (Å²) in [5.41, 5.74) is 6.03. The number of hydrogen-bond acceptors (Lipinski definition) is 1. The summed E-state index contributed by atoms with van der Waals surface area (Å²) in [7, 11) is 0. The molecule has 0 bridgehead atoms. The summed E-state index contributed by atoms with van der Waals surface area (Å²) in [6.45, 7) is 5.65. The Morgan fingerprint density at radius 1 is 1.05 bits per heavy atom. The molecule has 0 aliphatic heterocycles. The lowest BCUT2D eigenvalue weighted by atomic mass is 10.0. The maximum atomic E-state index is 2.62. The van der Waals surface area contributed by atoms with Crippen molar-refractivity contribution in [3.63, 3.8) is 0 Å². The van der Waals surface area contributed by atoms with Crippen molar-refractivity contribution in [1.82, 2.24) is 4.90 Å². The monoisotopic (exact) mass is 253 g/mol. The largest absolute Gasteiger partial charge is 0.368 e. The Bertz CT molecular complexity index is 499. The SMILES string of the molecule is CCN(C1=CCCC=C1C)C1Cc2ccccc2C1. The molecule has 19 heavy (non-hydrogen) atoms. The third-order valence-electron chi connectivity index (χ3n) is 4.48. The fourth-order valence-electron chi connectivity index (χ4n) is 3.51. The number of likely N-dealkylation sites (N-methyl/N-ethyl adjacent to an activating group) is 1. The Labute approximate surface area is 116 Å². The second-order valence-electron chi connectivity index (χ2n) is 5.67. The van der Waals surface area contributed by atoms with E-state index in [0.717, 1.165) is 6.54 Å². The van der Waals surface area contributed by atoms with E-state index < -0.39 is 0 Å². The van der Waals surface area contributed by atoms with Crippen LogP contribution >= 0.6 is 0 Å². The molecular formula is C18H23N. The van der Waals surface area contributed by atoms with Crippen LogP contribution in [-0.4, -0.2) is 17.5 Å². The Morgan fingerprint density at radius 3 is 2.26 bits per heavy atom. The minimum Gasteiger partial charge on any atom is -0.368 e. The highest BCUT2D eigenvalue weighted by atomic mass is 15.2. The third-order valence-corrected chi connectivity index (χ3v) is 4.48. The van der Waals surface area contributed by atoms with Gasteiger partial charge < -0.3 is 4.90 Å². The summed E-state index contributed by atoms with van der Waals surface area (Å²) in [6.07, 6.45) is 9.63. The van der Waals surface area contributed by atoms with Crippen LogP contribution in [0.2, 0.25) is 0 Å². The summed E-state index contributed by atoms with van der Waals surface area (Å²) < 4.78 is 0. The fraction of sp³-hybridized carbons (Fsp3) is 0.444. The number of rotatable bonds is 3. The van der Waals surface area contributed by atoms with Crippen LogP contribution in [0.3, 0.4) is 0 Å². The van der Waals surface area contributed by atoms with E-state index in [1.165, 1.54) is 37.0 Å². The molecule has 100 valence electrons. The Morgan fingerprint density at radius 2 is 1.68 bits per heavy atom. The van der Waals surface area contributed by atoms with Crippen molar-refractivity contribution < 1.29 is 0 Å². The van der Waals surface area contributed by atoms with E-state index in [2.05, 4.69) is 55.2 Å². The lowest BCUT2D eigenvalue weighted by molar-refractivity contribution is 0.274. The molecule has 0 fully saturated rings. The molecule has 1 nitrogen and oxygen atoms in total. The van der Waals surface area contributed by atoms with Crippen molar-refractivity contribution in [2.75, 3.05) is 6.54 Å². The Kier molecular flexibility index (Phi) is 3.46. The van der Waals surface area contributed by atoms with E-state index in [1.54, 1.807) is 11.1 Å². The van der Waals surface area contributed by atoms with Gasteiger partial charge in [-0.05, 0) is 56.2 Å². The molecule has 0 aromatic heterocycles. The van der Waals surface area contributed by atoms with Crippen LogP contribution < -0.4 is 0 Å². The van der Waals surface area contributed by atoms with E-state index in [1.807, 2.05) is 0 Å². The van der Waals surface area contributed by atoms with Crippen LogP contribution in [0.1, 0.15) is 37.8 Å².